The van der Waals surface area contributed by atoms with E-state index in [4.69, 9.17) is 0 Å². The van der Waals surface area contributed by atoms with Crippen molar-refractivity contribution in [3.8, 4) is 0 Å². The van der Waals surface area contributed by atoms with Crippen molar-refractivity contribution in [1.29, 1.82) is 0 Å². The average Bonchev–Trinajstić information content (AvgIpc) is 2.55. The molecule has 4 heteroatoms. The van der Waals surface area contributed by atoms with Crippen LogP contribution in [0.15, 0.2) is 54.6 Å². The molecule has 0 aliphatic carbocycles. The van der Waals surface area contributed by atoms with Crippen LogP contribution in [0.3, 0.4) is 0 Å². The van der Waals surface area contributed by atoms with Crippen molar-refractivity contribution in [2.24, 2.45) is 0 Å². The molecule has 0 saturated heterocycles. The number of amides is 1. The first-order chi connectivity index (χ1) is 10.1. The molecular formula is C17H17NO3. The molecule has 0 aliphatic rings. The zero-order valence-electron chi connectivity index (χ0n) is 11.7. The van der Waals surface area contributed by atoms with E-state index in [1.807, 2.05) is 18.2 Å². The van der Waals surface area contributed by atoms with E-state index in [9.17, 15) is 14.7 Å². The van der Waals surface area contributed by atoms with Crippen LogP contribution >= 0.6 is 0 Å². The molecule has 0 aromatic heterocycles. The third-order valence-corrected chi connectivity index (χ3v) is 3.24. The first-order valence-electron chi connectivity index (χ1n) is 6.70. The van der Waals surface area contributed by atoms with Crippen LogP contribution in [0.1, 0.15) is 38.8 Å². The summed E-state index contributed by atoms with van der Waals surface area (Å²) in [5.74, 6) is -0.439. The monoisotopic (exact) mass is 283 g/mol. The highest BCUT2D eigenvalue weighted by Crippen LogP contribution is 2.19. The Balaban J connectivity index is 2.12. The van der Waals surface area contributed by atoms with E-state index in [0.717, 1.165) is 0 Å². The number of rotatable bonds is 5. The van der Waals surface area contributed by atoms with Crippen LogP contribution in [0, 0.1) is 0 Å². The molecule has 2 aromatic carbocycles. The van der Waals surface area contributed by atoms with Gasteiger partial charge in [-0.05, 0) is 17.7 Å². The number of carbonyl (C=O) groups excluding carboxylic acids is 2. The summed E-state index contributed by atoms with van der Waals surface area (Å²) in [6.07, 6.45) is -0.858. The molecule has 2 aromatic rings. The van der Waals surface area contributed by atoms with Crippen molar-refractivity contribution >= 4 is 11.7 Å². The Hall–Kier alpha value is -2.46. The van der Waals surface area contributed by atoms with Gasteiger partial charge in [-0.3, -0.25) is 9.59 Å². The van der Waals surface area contributed by atoms with Gasteiger partial charge in [-0.25, -0.2) is 0 Å². The smallest absolute Gasteiger partial charge is 0.251 e. The number of benzene rings is 2. The highest BCUT2D eigenvalue weighted by atomic mass is 16.3. The number of carbonyl (C=O) groups is 2. The summed E-state index contributed by atoms with van der Waals surface area (Å²) in [7, 11) is 1.54. The van der Waals surface area contributed by atoms with Gasteiger partial charge in [0, 0.05) is 24.6 Å². The summed E-state index contributed by atoms with van der Waals surface area (Å²) in [5.41, 5.74) is 1.55. The van der Waals surface area contributed by atoms with Crippen LogP contribution in [0.5, 0.6) is 0 Å². The number of aliphatic hydroxyl groups is 1. The molecule has 1 amide bonds. The standard InChI is InChI=1S/C17H17NO3/c1-18-17(21)14-9-5-8-13(10-14)16(20)11-15(19)12-6-3-2-4-7-12/h2-10,15,19H,11H2,1H3,(H,18,21). The minimum absolute atomic E-state index is 0.0127. The number of hydrogen-bond donors (Lipinski definition) is 2. The summed E-state index contributed by atoms with van der Waals surface area (Å²) in [6, 6.07) is 15.5. The fourth-order valence-corrected chi connectivity index (χ4v) is 2.06. The van der Waals surface area contributed by atoms with Crippen LogP contribution in [-0.2, 0) is 0 Å². The number of Topliss-reactive ketones (excluding diaryl/α,β-unsaturated/α-hetero) is 1. The van der Waals surface area contributed by atoms with E-state index in [-0.39, 0.29) is 18.1 Å². The Morgan fingerprint density at radius 2 is 1.71 bits per heavy atom. The fraction of sp³-hybridized carbons (Fsp3) is 0.176. The number of nitrogens with one attached hydrogen (secondary N) is 1. The van der Waals surface area contributed by atoms with Gasteiger partial charge < -0.3 is 10.4 Å². The van der Waals surface area contributed by atoms with E-state index in [1.54, 1.807) is 36.4 Å². The molecule has 1 unspecified atom stereocenters. The molecule has 21 heavy (non-hydrogen) atoms. The minimum Gasteiger partial charge on any atom is -0.388 e. The second kappa shape index (κ2) is 6.81. The maximum atomic E-state index is 12.2. The second-order valence-electron chi connectivity index (χ2n) is 4.71. The lowest BCUT2D eigenvalue weighted by Crippen LogP contribution is -2.18. The predicted molar refractivity (Wildman–Crippen MR) is 80.2 cm³/mol. The number of aliphatic hydroxyl groups excluding tert-OH is 1. The van der Waals surface area contributed by atoms with Gasteiger partial charge in [0.25, 0.3) is 5.91 Å². The maximum Gasteiger partial charge on any atom is 0.251 e. The van der Waals surface area contributed by atoms with Gasteiger partial charge in [0.2, 0.25) is 0 Å². The van der Waals surface area contributed by atoms with Gasteiger partial charge in [0.05, 0.1) is 6.10 Å². The molecule has 2 rings (SSSR count). The van der Waals surface area contributed by atoms with Crippen LogP contribution in [-0.4, -0.2) is 23.8 Å². The first-order valence-corrected chi connectivity index (χ1v) is 6.70. The largest absolute Gasteiger partial charge is 0.388 e. The van der Waals surface area contributed by atoms with Crippen LogP contribution in [0.25, 0.3) is 0 Å². The predicted octanol–water partition coefficient (Wildman–Crippen LogP) is 2.35. The minimum atomic E-state index is -0.845. The fourth-order valence-electron chi connectivity index (χ4n) is 2.06. The summed E-state index contributed by atoms with van der Waals surface area (Å²) in [4.78, 5) is 23.8. The highest BCUT2D eigenvalue weighted by molar-refractivity contribution is 6.00. The van der Waals surface area contributed by atoms with Crippen LogP contribution < -0.4 is 5.32 Å². The van der Waals surface area contributed by atoms with Gasteiger partial charge in [-0.15, -0.1) is 0 Å². The van der Waals surface area contributed by atoms with Gasteiger partial charge in [0.15, 0.2) is 5.78 Å². The van der Waals surface area contributed by atoms with Crippen LogP contribution in [0.4, 0.5) is 0 Å². The SMILES string of the molecule is CNC(=O)c1cccc(C(=O)CC(O)c2ccccc2)c1. The average molecular weight is 283 g/mol. The lowest BCUT2D eigenvalue weighted by Gasteiger charge is -2.10. The molecule has 0 saturated carbocycles. The van der Waals surface area contributed by atoms with E-state index in [1.165, 1.54) is 7.05 Å². The third-order valence-electron chi connectivity index (χ3n) is 3.24. The van der Waals surface area contributed by atoms with Crippen molar-refractivity contribution in [3.63, 3.8) is 0 Å². The number of hydrogen-bond acceptors (Lipinski definition) is 3. The Kier molecular flexibility index (Phi) is 4.85. The van der Waals surface area contributed by atoms with Gasteiger partial charge >= 0.3 is 0 Å². The van der Waals surface area contributed by atoms with Crippen molar-refractivity contribution in [2.75, 3.05) is 7.05 Å². The molecular weight excluding hydrogens is 266 g/mol. The Morgan fingerprint density at radius 3 is 2.38 bits per heavy atom. The maximum absolute atomic E-state index is 12.2. The van der Waals surface area contributed by atoms with Crippen molar-refractivity contribution in [1.82, 2.24) is 5.32 Å². The molecule has 0 spiro atoms. The first kappa shape index (κ1) is 14.9. The van der Waals surface area contributed by atoms with E-state index in [0.29, 0.717) is 16.7 Å². The normalized spacial score (nSPS) is 11.7. The molecule has 0 bridgehead atoms. The zero-order valence-corrected chi connectivity index (χ0v) is 11.7. The zero-order chi connectivity index (χ0) is 15.2. The molecule has 0 heterocycles. The van der Waals surface area contributed by atoms with Crippen molar-refractivity contribution in [3.05, 3.63) is 71.3 Å². The Labute approximate surface area is 123 Å². The van der Waals surface area contributed by atoms with Crippen molar-refractivity contribution < 1.29 is 14.7 Å². The van der Waals surface area contributed by atoms with E-state index in [2.05, 4.69) is 5.32 Å². The van der Waals surface area contributed by atoms with Gasteiger partial charge in [0.1, 0.15) is 0 Å². The molecule has 1 atom stereocenters. The summed E-state index contributed by atoms with van der Waals surface area (Å²) < 4.78 is 0. The lowest BCUT2D eigenvalue weighted by atomic mass is 9.99. The summed E-state index contributed by atoms with van der Waals surface area (Å²) in [5, 5.41) is 12.6. The van der Waals surface area contributed by atoms with Crippen molar-refractivity contribution in [2.45, 2.75) is 12.5 Å². The quantitative estimate of drug-likeness (QED) is 0.828. The highest BCUT2D eigenvalue weighted by Gasteiger charge is 2.15. The van der Waals surface area contributed by atoms with E-state index < -0.39 is 6.10 Å². The van der Waals surface area contributed by atoms with Gasteiger partial charge in [-0.1, -0.05) is 42.5 Å². The van der Waals surface area contributed by atoms with Gasteiger partial charge in [-0.2, -0.15) is 0 Å². The topological polar surface area (TPSA) is 66.4 Å². The number of ketones is 1. The summed E-state index contributed by atoms with van der Waals surface area (Å²) in [6.45, 7) is 0. The molecule has 4 nitrogen and oxygen atoms in total. The second-order valence-corrected chi connectivity index (χ2v) is 4.71. The Morgan fingerprint density at radius 1 is 1.05 bits per heavy atom. The summed E-state index contributed by atoms with van der Waals surface area (Å²) >= 11 is 0. The molecule has 0 radical (unpaired) electrons. The lowest BCUT2D eigenvalue weighted by molar-refractivity contribution is 0.0880. The molecule has 2 N–H and O–H groups in total. The third kappa shape index (κ3) is 3.77. The molecule has 108 valence electrons. The van der Waals surface area contributed by atoms with E-state index >= 15 is 0 Å². The molecule has 0 aliphatic heterocycles. The Bertz CT molecular complexity index is 637. The molecule has 0 fully saturated rings. The van der Waals surface area contributed by atoms with Crippen LogP contribution in [0.2, 0.25) is 0 Å².